The second-order valence-corrected chi connectivity index (χ2v) is 8.62. The molecule has 2 saturated heterocycles. The summed E-state index contributed by atoms with van der Waals surface area (Å²) in [7, 11) is 1.53. The highest BCUT2D eigenvalue weighted by atomic mass is 32.1. The Kier molecular flexibility index (Phi) is 9.22. The number of hydrogen-bond acceptors (Lipinski definition) is 7. The van der Waals surface area contributed by atoms with Crippen LogP contribution in [0.5, 0.6) is 0 Å². The van der Waals surface area contributed by atoms with E-state index < -0.39 is 12.1 Å². The summed E-state index contributed by atoms with van der Waals surface area (Å²) < 4.78 is 43.0. The van der Waals surface area contributed by atoms with Gasteiger partial charge in [-0.25, -0.2) is 9.78 Å². The average Bonchev–Trinajstić information content (AvgIpc) is 3.27. The van der Waals surface area contributed by atoms with E-state index in [4.69, 9.17) is 19.4 Å². The molecular weight excluding hydrogens is 439 g/mol. The van der Waals surface area contributed by atoms with Gasteiger partial charge in [0.25, 0.3) is 0 Å². The van der Waals surface area contributed by atoms with Crippen molar-refractivity contribution in [3.05, 3.63) is 16.1 Å². The molecule has 176 valence electrons. The summed E-state index contributed by atoms with van der Waals surface area (Å²) in [6, 6.07) is 0. The zero-order chi connectivity index (χ0) is 23.1. The van der Waals surface area contributed by atoms with Gasteiger partial charge in [0.05, 0.1) is 22.9 Å². The van der Waals surface area contributed by atoms with Crippen LogP contribution in [0.25, 0.3) is 0 Å². The minimum Gasteiger partial charge on any atom is -0.475 e. The number of halogens is 3. The van der Waals surface area contributed by atoms with Crippen molar-refractivity contribution in [2.75, 3.05) is 33.4 Å². The lowest BCUT2D eigenvalue weighted by atomic mass is 9.90. The van der Waals surface area contributed by atoms with E-state index in [-0.39, 0.29) is 24.2 Å². The molecule has 0 saturated carbocycles. The molecule has 0 aromatic carbocycles. The minimum atomic E-state index is -5.08. The molecule has 2 N–H and O–H groups in total. The number of carbonyl (C=O) groups excluding carboxylic acids is 1. The van der Waals surface area contributed by atoms with Gasteiger partial charge in [0, 0.05) is 38.2 Å². The van der Waals surface area contributed by atoms with Crippen LogP contribution in [0, 0.1) is 6.92 Å². The number of nitrogens with one attached hydrogen (secondary N) is 1. The van der Waals surface area contributed by atoms with E-state index in [1.807, 2.05) is 5.51 Å². The number of carbonyl (C=O) groups is 2. The molecule has 3 heterocycles. The van der Waals surface area contributed by atoms with Gasteiger partial charge in [-0.15, -0.1) is 11.3 Å². The van der Waals surface area contributed by atoms with E-state index in [9.17, 15) is 18.0 Å². The lowest BCUT2D eigenvalue weighted by molar-refractivity contribution is -0.192. The van der Waals surface area contributed by atoms with Crippen LogP contribution >= 0.6 is 11.3 Å². The first kappa shape index (κ1) is 25.5. The van der Waals surface area contributed by atoms with Gasteiger partial charge in [-0.3, -0.25) is 9.69 Å². The zero-order valence-electron chi connectivity index (χ0n) is 17.5. The molecule has 0 aliphatic carbocycles. The maximum atomic E-state index is 11.6. The third kappa shape index (κ3) is 8.02. The Morgan fingerprint density at radius 2 is 2.16 bits per heavy atom. The molecule has 0 unspecified atom stereocenters. The van der Waals surface area contributed by atoms with E-state index >= 15 is 0 Å². The van der Waals surface area contributed by atoms with E-state index in [1.165, 1.54) is 12.0 Å². The summed E-state index contributed by atoms with van der Waals surface area (Å²) in [5.74, 6) is -2.83. The van der Waals surface area contributed by atoms with Gasteiger partial charge in [0.2, 0.25) is 5.91 Å². The van der Waals surface area contributed by atoms with Crippen LogP contribution in [0.3, 0.4) is 0 Å². The van der Waals surface area contributed by atoms with Crippen LogP contribution in [-0.2, 0) is 25.6 Å². The molecule has 1 aromatic rings. The highest BCUT2D eigenvalue weighted by molar-refractivity contribution is 7.09. The molecule has 2 atom stereocenters. The molecular formula is C19H28F3N3O5S. The summed E-state index contributed by atoms with van der Waals surface area (Å²) in [6.45, 7) is 5.79. The number of hydrogen-bond donors (Lipinski definition) is 2. The van der Waals surface area contributed by atoms with Crippen LogP contribution < -0.4 is 5.32 Å². The molecule has 12 heteroatoms. The highest BCUT2D eigenvalue weighted by Gasteiger charge is 2.43. The quantitative estimate of drug-likeness (QED) is 0.662. The fourth-order valence-corrected chi connectivity index (χ4v) is 4.54. The molecule has 0 radical (unpaired) electrons. The first-order valence-electron chi connectivity index (χ1n) is 9.89. The van der Waals surface area contributed by atoms with E-state index in [0.717, 1.165) is 51.0 Å². The zero-order valence-corrected chi connectivity index (χ0v) is 18.4. The maximum absolute atomic E-state index is 11.6. The van der Waals surface area contributed by atoms with E-state index in [1.54, 1.807) is 11.3 Å². The van der Waals surface area contributed by atoms with Crippen LogP contribution in [-0.4, -0.2) is 78.1 Å². The lowest BCUT2D eigenvalue weighted by Crippen LogP contribution is -2.47. The highest BCUT2D eigenvalue weighted by Crippen LogP contribution is 2.37. The van der Waals surface area contributed by atoms with Crippen molar-refractivity contribution in [3.63, 3.8) is 0 Å². The number of aryl methyl sites for hydroxylation is 1. The second-order valence-electron chi connectivity index (χ2n) is 7.68. The number of carboxylic acid groups (broad SMARTS) is 1. The number of alkyl halides is 3. The SMILES string of the molecule is COCC(=O)NC[C@@H]1CCC[C@]2(CCN(Cc3scnc3C)C2)O1.O=C(O)C(F)(F)F. The van der Waals surface area contributed by atoms with Gasteiger partial charge in [-0.05, 0) is 32.6 Å². The van der Waals surface area contributed by atoms with Gasteiger partial charge in [-0.1, -0.05) is 0 Å². The predicted octanol–water partition coefficient (Wildman–Crippen LogP) is 2.36. The Hall–Kier alpha value is -1.76. The third-order valence-corrected chi connectivity index (χ3v) is 6.15. The van der Waals surface area contributed by atoms with Gasteiger partial charge in [0.15, 0.2) is 0 Å². The van der Waals surface area contributed by atoms with Crippen molar-refractivity contribution >= 4 is 23.2 Å². The topological polar surface area (TPSA) is 101 Å². The van der Waals surface area contributed by atoms with Crippen LogP contribution in [0.2, 0.25) is 0 Å². The number of ether oxygens (including phenoxy) is 2. The molecule has 8 nitrogen and oxygen atoms in total. The number of likely N-dealkylation sites (tertiary alicyclic amines) is 1. The Balaban J connectivity index is 0.000000423. The fourth-order valence-electron chi connectivity index (χ4n) is 3.72. The molecule has 2 fully saturated rings. The number of thiazole rings is 1. The molecule has 31 heavy (non-hydrogen) atoms. The van der Waals surface area contributed by atoms with Crippen molar-refractivity contribution in [1.29, 1.82) is 0 Å². The van der Waals surface area contributed by atoms with E-state index in [2.05, 4.69) is 22.1 Å². The van der Waals surface area contributed by atoms with Gasteiger partial charge in [0.1, 0.15) is 6.61 Å². The van der Waals surface area contributed by atoms with Crippen molar-refractivity contribution in [1.82, 2.24) is 15.2 Å². The standard InChI is InChI=1S/C17H27N3O3S.C2HF3O2/c1-13-15(24-12-19-13)9-20-7-6-17(11-20)5-3-4-14(23-17)8-18-16(21)10-22-2;3-2(4,5)1(6)7/h12,14H,3-11H2,1-2H3,(H,18,21);(H,6,7)/t14-,17+;/m0./s1. The molecule has 1 aromatic heterocycles. The molecule has 1 amide bonds. The summed E-state index contributed by atoms with van der Waals surface area (Å²) in [5.41, 5.74) is 3.03. The summed E-state index contributed by atoms with van der Waals surface area (Å²) >= 11 is 1.74. The first-order chi connectivity index (χ1) is 14.5. The molecule has 2 aliphatic heterocycles. The smallest absolute Gasteiger partial charge is 0.475 e. The Bertz CT molecular complexity index is 746. The maximum Gasteiger partial charge on any atom is 0.490 e. The molecule has 2 aliphatic rings. The first-order valence-corrected chi connectivity index (χ1v) is 10.8. The fraction of sp³-hybridized carbons (Fsp3) is 0.737. The molecule has 3 rings (SSSR count). The number of nitrogens with zero attached hydrogens (tertiary/aromatic N) is 2. The largest absolute Gasteiger partial charge is 0.490 e. The van der Waals surface area contributed by atoms with Crippen LogP contribution in [0.15, 0.2) is 5.51 Å². The minimum absolute atomic E-state index is 0.0342. The number of methoxy groups -OCH3 is 1. The number of aromatic nitrogens is 1. The summed E-state index contributed by atoms with van der Waals surface area (Å²) in [4.78, 5) is 28.6. The van der Waals surface area contributed by atoms with E-state index in [0.29, 0.717) is 6.54 Å². The second kappa shape index (κ2) is 11.2. The summed E-state index contributed by atoms with van der Waals surface area (Å²) in [6.07, 6.45) is -0.591. The van der Waals surface area contributed by atoms with Crippen molar-refractivity contribution in [2.45, 2.75) is 57.0 Å². The van der Waals surface area contributed by atoms with Crippen LogP contribution in [0.4, 0.5) is 13.2 Å². The van der Waals surface area contributed by atoms with Crippen LogP contribution in [0.1, 0.15) is 36.3 Å². The van der Waals surface area contributed by atoms with Crippen molar-refractivity contribution in [2.24, 2.45) is 0 Å². The van der Waals surface area contributed by atoms with Gasteiger partial charge < -0.3 is 19.9 Å². The molecule has 1 spiro atoms. The number of rotatable bonds is 6. The predicted molar refractivity (Wildman–Crippen MR) is 107 cm³/mol. The monoisotopic (exact) mass is 467 g/mol. The van der Waals surface area contributed by atoms with Gasteiger partial charge in [-0.2, -0.15) is 13.2 Å². The average molecular weight is 468 g/mol. The Labute approximate surface area is 182 Å². The van der Waals surface area contributed by atoms with Crippen molar-refractivity contribution < 1.29 is 37.3 Å². The number of amides is 1. The van der Waals surface area contributed by atoms with Gasteiger partial charge >= 0.3 is 12.1 Å². The Morgan fingerprint density at radius 1 is 1.45 bits per heavy atom. The molecule has 0 bridgehead atoms. The summed E-state index contributed by atoms with van der Waals surface area (Å²) in [5, 5.41) is 10.0. The van der Waals surface area contributed by atoms with Crippen molar-refractivity contribution in [3.8, 4) is 0 Å². The lowest BCUT2D eigenvalue weighted by Gasteiger charge is -2.39. The number of aliphatic carboxylic acids is 1. The number of carboxylic acids is 1. The Morgan fingerprint density at radius 3 is 2.74 bits per heavy atom. The normalized spacial score (nSPS) is 24.0. The third-order valence-electron chi connectivity index (χ3n) is 5.23.